The number of nitrogens with zero attached hydrogens (tertiary/aromatic N) is 2. The Hall–Kier alpha value is -1.84. The van der Waals surface area contributed by atoms with E-state index in [1.54, 1.807) is 12.1 Å². The lowest BCUT2D eigenvalue weighted by molar-refractivity contribution is 1.10. The van der Waals surface area contributed by atoms with Crippen molar-refractivity contribution in [1.82, 2.24) is 9.97 Å². The standard InChI is InChI=1S/C10H12N4/c1-5-6(2)14-10-4-8(12)7(11)3-9(10)13-5/h3-4H,11-12H2,1-2H3. The Labute approximate surface area is 82.0 Å². The Balaban J connectivity index is 2.83. The van der Waals surface area contributed by atoms with Crippen molar-refractivity contribution in [3.05, 3.63) is 23.5 Å². The van der Waals surface area contributed by atoms with Gasteiger partial charge in [0.2, 0.25) is 0 Å². The third kappa shape index (κ3) is 1.25. The summed E-state index contributed by atoms with van der Waals surface area (Å²) in [5.74, 6) is 0. The van der Waals surface area contributed by atoms with Crippen LogP contribution in [0, 0.1) is 13.8 Å². The van der Waals surface area contributed by atoms with Crippen LogP contribution in [-0.2, 0) is 0 Å². The summed E-state index contributed by atoms with van der Waals surface area (Å²) in [6, 6.07) is 3.51. The second kappa shape index (κ2) is 2.83. The molecule has 0 unspecified atom stereocenters. The molecule has 2 aromatic rings. The number of fused-ring (bicyclic) bond motifs is 1. The van der Waals surface area contributed by atoms with Crippen LogP contribution in [-0.4, -0.2) is 9.97 Å². The van der Waals surface area contributed by atoms with Crippen molar-refractivity contribution < 1.29 is 0 Å². The highest BCUT2D eigenvalue weighted by Gasteiger charge is 2.03. The molecule has 0 aliphatic heterocycles. The number of aromatic nitrogens is 2. The van der Waals surface area contributed by atoms with E-state index < -0.39 is 0 Å². The first-order valence-corrected chi connectivity index (χ1v) is 4.38. The van der Waals surface area contributed by atoms with E-state index in [0.717, 1.165) is 22.4 Å². The van der Waals surface area contributed by atoms with Crippen LogP contribution >= 0.6 is 0 Å². The summed E-state index contributed by atoms with van der Waals surface area (Å²) in [7, 11) is 0. The van der Waals surface area contributed by atoms with E-state index in [-0.39, 0.29) is 0 Å². The smallest absolute Gasteiger partial charge is 0.0912 e. The van der Waals surface area contributed by atoms with Gasteiger partial charge in [-0.1, -0.05) is 0 Å². The van der Waals surface area contributed by atoms with Gasteiger partial charge in [-0.25, -0.2) is 9.97 Å². The van der Waals surface area contributed by atoms with Gasteiger partial charge in [0, 0.05) is 0 Å². The van der Waals surface area contributed by atoms with Crippen LogP contribution in [0.1, 0.15) is 11.4 Å². The summed E-state index contributed by atoms with van der Waals surface area (Å²) in [6.07, 6.45) is 0. The SMILES string of the molecule is Cc1nc2cc(N)c(N)cc2nc1C. The van der Waals surface area contributed by atoms with Crippen molar-refractivity contribution in [1.29, 1.82) is 0 Å². The van der Waals surface area contributed by atoms with Crippen molar-refractivity contribution >= 4 is 22.4 Å². The Kier molecular flexibility index (Phi) is 1.77. The van der Waals surface area contributed by atoms with Gasteiger partial charge in [-0.2, -0.15) is 0 Å². The molecule has 0 aliphatic rings. The summed E-state index contributed by atoms with van der Waals surface area (Å²) in [6.45, 7) is 3.85. The number of rotatable bonds is 0. The number of hydrogen-bond donors (Lipinski definition) is 2. The molecule has 0 saturated heterocycles. The molecule has 0 saturated carbocycles. The van der Waals surface area contributed by atoms with Gasteiger partial charge in [0.1, 0.15) is 0 Å². The summed E-state index contributed by atoms with van der Waals surface area (Å²) in [5, 5.41) is 0. The molecule has 1 aromatic heterocycles. The first-order valence-electron chi connectivity index (χ1n) is 4.38. The van der Waals surface area contributed by atoms with Gasteiger partial charge in [0.15, 0.2) is 0 Å². The quantitative estimate of drug-likeness (QED) is 0.613. The molecule has 0 atom stereocenters. The van der Waals surface area contributed by atoms with Gasteiger partial charge < -0.3 is 11.5 Å². The molecule has 2 rings (SSSR count). The van der Waals surface area contributed by atoms with Crippen LogP contribution in [0.3, 0.4) is 0 Å². The van der Waals surface area contributed by atoms with E-state index >= 15 is 0 Å². The van der Waals surface area contributed by atoms with E-state index in [0.29, 0.717) is 11.4 Å². The zero-order chi connectivity index (χ0) is 10.3. The van der Waals surface area contributed by atoms with E-state index in [1.807, 2.05) is 13.8 Å². The zero-order valence-corrected chi connectivity index (χ0v) is 8.20. The van der Waals surface area contributed by atoms with Crippen LogP contribution < -0.4 is 11.5 Å². The predicted molar refractivity (Wildman–Crippen MR) is 57.8 cm³/mol. The molecule has 0 spiro atoms. The topological polar surface area (TPSA) is 77.8 Å². The fraction of sp³-hybridized carbons (Fsp3) is 0.200. The van der Waals surface area contributed by atoms with E-state index in [9.17, 15) is 0 Å². The van der Waals surface area contributed by atoms with Gasteiger partial charge in [-0.05, 0) is 26.0 Å². The lowest BCUT2D eigenvalue weighted by Gasteiger charge is -2.05. The molecule has 72 valence electrons. The number of hydrogen-bond acceptors (Lipinski definition) is 4. The van der Waals surface area contributed by atoms with Crippen LogP contribution in [0.5, 0.6) is 0 Å². The minimum Gasteiger partial charge on any atom is -0.397 e. The minimum absolute atomic E-state index is 0.551. The molecule has 4 heteroatoms. The fourth-order valence-corrected chi connectivity index (χ4v) is 1.31. The molecule has 1 heterocycles. The van der Waals surface area contributed by atoms with Crippen molar-refractivity contribution in [2.24, 2.45) is 0 Å². The maximum Gasteiger partial charge on any atom is 0.0912 e. The highest BCUT2D eigenvalue weighted by Crippen LogP contribution is 2.21. The highest BCUT2D eigenvalue weighted by atomic mass is 14.8. The molecule has 1 aromatic carbocycles. The number of anilines is 2. The maximum atomic E-state index is 5.68. The van der Waals surface area contributed by atoms with Gasteiger partial charge in [-0.15, -0.1) is 0 Å². The van der Waals surface area contributed by atoms with E-state index in [4.69, 9.17) is 11.5 Å². The number of nitrogen functional groups attached to an aromatic ring is 2. The lowest BCUT2D eigenvalue weighted by atomic mass is 10.2. The average Bonchev–Trinajstić information content (AvgIpc) is 2.11. The van der Waals surface area contributed by atoms with Crippen LogP contribution in [0.15, 0.2) is 12.1 Å². The first kappa shape index (κ1) is 8.74. The van der Waals surface area contributed by atoms with Gasteiger partial charge in [0.25, 0.3) is 0 Å². The molecule has 0 radical (unpaired) electrons. The fourth-order valence-electron chi connectivity index (χ4n) is 1.31. The van der Waals surface area contributed by atoms with E-state index in [2.05, 4.69) is 9.97 Å². The monoisotopic (exact) mass is 188 g/mol. The molecule has 0 amide bonds. The molecular weight excluding hydrogens is 176 g/mol. The molecular formula is C10H12N4. The lowest BCUT2D eigenvalue weighted by Crippen LogP contribution is -1.98. The minimum atomic E-state index is 0.551. The largest absolute Gasteiger partial charge is 0.397 e. The molecule has 4 N–H and O–H groups in total. The van der Waals surface area contributed by atoms with Gasteiger partial charge >= 0.3 is 0 Å². The van der Waals surface area contributed by atoms with Crippen molar-refractivity contribution in [3.8, 4) is 0 Å². The van der Waals surface area contributed by atoms with Crippen molar-refractivity contribution in [2.45, 2.75) is 13.8 Å². The summed E-state index contributed by atoms with van der Waals surface area (Å²) in [5.41, 5.74) is 15.9. The second-order valence-electron chi connectivity index (χ2n) is 3.36. The zero-order valence-electron chi connectivity index (χ0n) is 8.20. The number of aryl methyl sites for hydroxylation is 2. The van der Waals surface area contributed by atoms with Crippen LogP contribution in [0.2, 0.25) is 0 Å². The molecule has 14 heavy (non-hydrogen) atoms. The van der Waals surface area contributed by atoms with Crippen molar-refractivity contribution in [3.63, 3.8) is 0 Å². The number of nitrogens with two attached hydrogens (primary N) is 2. The van der Waals surface area contributed by atoms with Gasteiger partial charge in [-0.3, -0.25) is 0 Å². The third-order valence-corrected chi connectivity index (χ3v) is 2.28. The summed E-state index contributed by atoms with van der Waals surface area (Å²) in [4.78, 5) is 8.76. The second-order valence-corrected chi connectivity index (χ2v) is 3.36. The third-order valence-electron chi connectivity index (χ3n) is 2.28. The molecule has 0 fully saturated rings. The Morgan fingerprint density at radius 1 is 0.857 bits per heavy atom. The summed E-state index contributed by atoms with van der Waals surface area (Å²) >= 11 is 0. The number of benzene rings is 1. The summed E-state index contributed by atoms with van der Waals surface area (Å²) < 4.78 is 0. The predicted octanol–water partition coefficient (Wildman–Crippen LogP) is 1.41. The van der Waals surface area contributed by atoms with E-state index in [1.165, 1.54) is 0 Å². The normalized spacial score (nSPS) is 10.7. The first-order chi connectivity index (χ1) is 6.58. The Morgan fingerprint density at radius 2 is 1.21 bits per heavy atom. The molecule has 0 aliphatic carbocycles. The van der Waals surface area contributed by atoms with Crippen LogP contribution in [0.25, 0.3) is 11.0 Å². The molecule has 0 bridgehead atoms. The average molecular weight is 188 g/mol. The molecule has 4 nitrogen and oxygen atoms in total. The van der Waals surface area contributed by atoms with Gasteiger partial charge in [0.05, 0.1) is 33.8 Å². The highest BCUT2D eigenvalue weighted by molar-refractivity contribution is 5.85. The Bertz CT molecular complexity index is 416. The van der Waals surface area contributed by atoms with Crippen LogP contribution in [0.4, 0.5) is 11.4 Å². The van der Waals surface area contributed by atoms with Crippen molar-refractivity contribution in [2.75, 3.05) is 11.5 Å². The Morgan fingerprint density at radius 3 is 1.57 bits per heavy atom. The maximum absolute atomic E-state index is 5.68.